The predicted octanol–water partition coefficient (Wildman–Crippen LogP) is 13.7. The summed E-state index contributed by atoms with van der Waals surface area (Å²) in [6, 6.07) is 0. The molecule has 0 aliphatic carbocycles. The molecule has 0 saturated heterocycles. The van der Waals surface area contributed by atoms with Crippen molar-refractivity contribution in [3.8, 4) is 0 Å². The number of carboxylic acids is 1. The highest BCUT2D eigenvalue weighted by Gasteiger charge is 2.06. The largest absolute Gasteiger partial charge is 0.481 e. The Morgan fingerprint density at radius 2 is 0.768 bits per heavy atom. The van der Waals surface area contributed by atoms with E-state index in [1.54, 1.807) is 11.8 Å². The Kier molecular flexibility index (Phi) is 60.8. The van der Waals surface area contributed by atoms with Crippen molar-refractivity contribution in [2.75, 3.05) is 77.5 Å². The fourth-order valence-electron chi connectivity index (χ4n) is 5.46. The third-order valence-corrected chi connectivity index (χ3v) is 11.3. The molecule has 0 aromatic heterocycles. The van der Waals surface area contributed by atoms with E-state index in [0.29, 0.717) is 43.8 Å². The van der Waals surface area contributed by atoms with E-state index in [2.05, 4.69) is 135 Å². The monoisotopic (exact) mass is 997 g/mol. The average Bonchev–Trinajstić information content (AvgIpc) is 3.31. The van der Waals surface area contributed by atoms with Gasteiger partial charge in [0.15, 0.2) is 0 Å². The fourth-order valence-corrected chi connectivity index (χ4v) is 6.87. The van der Waals surface area contributed by atoms with Gasteiger partial charge in [0.1, 0.15) is 18.2 Å². The van der Waals surface area contributed by atoms with Crippen LogP contribution in [0, 0.1) is 0 Å². The van der Waals surface area contributed by atoms with Gasteiger partial charge in [0.2, 0.25) is 0 Å². The Hall–Kier alpha value is -3.74. The Morgan fingerprint density at radius 1 is 0.449 bits per heavy atom. The second-order valence-corrected chi connectivity index (χ2v) is 18.7. The van der Waals surface area contributed by atoms with Crippen LogP contribution in [0.5, 0.6) is 0 Å². The Morgan fingerprint density at radius 3 is 1.07 bits per heavy atom. The van der Waals surface area contributed by atoms with Gasteiger partial charge in [0, 0.05) is 38.8 Å². The molecule has 9 nitrogen and oxygen atoms in total. The molecule has 0 saturated carbocycles. The van der Waals surface area contributed by atoms with Crippen molar-refractivity contribution in [3.63, 3.8) is 0 Å². The molecular weight excluding hydrogens is 901 g/mol. The molecule has 0 aliphatic rings. The standard InChI is InChI=1S/C29H47NO3S.C25H38O3S.C4H11NO/c1-4-5-6-7-8-9-10-11-12-13-14-15-16-17-18-19-20-22-28(31)23-21-26-34-27-29(32)33-25-24-30(2)3;1-2-3-4-5-6-7-8-9-10-11-12-13-14-15-16-17-18-20-24(26)21-19-22-29-23-25(27)28;1-5(2)3-4-6/h5-6,8-9,11-12,14-15,17-18H,4,7,10,13,16,19-27H2,1-3H3;3-4,6-7,9-10,12-13,15-16H,2,5,8,11,14,17-23H2,1H3,(H,27,28);6H,3-4H2,1-2H3/b6-5-,9-8-,12-11-,15-14-,18-17-;4-3-,7-6-,10-9-,13-12-,16-15-;. The molecule has 0 aliphatic heterocycles. The molecule has 0 bridgehead atoms. The summed E-state index contributed by atoms with van der Waals surface area (Å²) in [6.07, 6.45) is 61.6. The Labute approximate surface area is 430 Å². The minimum Gasteiger partial charge on any atom is -0.481 e. The first kappa shape index (κ1) is 69.5. The van der Waals surface area contributed by atoms with Crippen LogP contribution in [0.15, 0.2) is 122 Å². The van der Waals surface area contributed by atoms with Crippen molar-refractivity contribution < 1.29 is 34.1 Å². The van der Waals surface area contributed by atoms with Crippen LogP contribution < -0.4 is 0 Å². The van der Waals surface area contributed by atoms with Gasteiger partial charge in [-0.2, -0.15) is 23.5 Å². The number of Topliss-reactive ketones (excluding diaryl/α,β-unsaturated/α-hetero) is 2. The lowest BCUT2D eigenvalue weighted by molar-refractivity contribution is -0.140. The van der Waals surface area contributed by atoms with Gasteiger partial charge in [-0.3, -0.25) is 19.2 Å². The first-order chi connectivity index (χ1) is 33.5. The first-order valence-electron chi connectivity index (χ1n) is 25.5. The molecule has 0 radical (unpaired) electrons. The summed E-state index contributed by atoms with van der Waals surface area (Å²) in [7, 11) is 7.75. The van der Waals surface area contributed by atoms with Crippen LogP contribution in [0.4, 0.5) is 0 Å². The molecule has 392 valence electrons. The van der Waals surface area contributed by atoms with Gasteiger partial charge in [-0.15, -0.1) is 0 Å². The lowest BCUT2D eigenvalue weighted by atomic mass is 10.1. The van der Waals surface area contributed by atoms with Crippen molar-refractivity contribution >= 4 is 47.0 Å². The van der Waals surface area contributed by atoms with Gasteiger partial charge in [-0.1, -0.05) is 135 Å². The molecule has 0 unspecified atom stereocenters. The molecule has 0 aromatic carbocycles. The Balaban J connectivity index is -0.00000114. The van der Waals surface area contributed by atoms with Crippen molar-refractivity contribution in [2.24, 2.45) is 0 Å². The van der Waals surface area contributed by atoms with E-state index >= 15 is 0 Å². The number of aliphatic hydroxyl groups is 1. The van der Waals surface area contributed by atoms with Crippen LogP contribution in [-0.4, -0.2) is 121 Å². The molecule has 0 atom stereocenters. The number of unbranched alkanes of at least 4 members (excludes halogenated alkanes) is 2. The summed E-state index contributed by atoms with van der Waals surface area (Å²) in [5, 5.41) is 16.7. The molecule has 0 amide bonds. The molecule has 2 N–H and O–H groups in total. The lowest BCUT2D eigenvalue weighted by Crippen LogP contribution is -2.20. The van der Waals surface area contributed by atoms with Gasteiger partial charge < -0.3 is 24.7 Å². The maximum Gasteiger partial charge on any atom is 0.315 e. The number of esters is 1. The maximum atomic E-state index is 12.0. The summed E-state index contributed by atoms with van der Waals surface area (Å²) in [5.41, 5.74) is 0. The predicted molar refractivity (Wildman–Crippen MR) is 303 cm³/mol. The molecule has 0 spiro atoms. The second kappa shape index (κ2) is 60.4. The number of carboxylic acid groups (broad SMARTS) is 1. The third kappa shape index (κ3) is 70.9. The van der Waals surface area contributed by atoms with Gasteiger partial charge in [-0.25, -0.2) is 0 Å². The smallest absolute Gasteiger partial charge is 0.315 e. The van der Waals surface area contributed by atoms with Gasteiger partial charge in [-0.05, 0) is 142 Å². The topological polar surface area (TPSA) is 124 Å². The van der Waals surface area contributed by atoms with E-state index in [1.807, 2.05) is 38.0 Å². The Bertz CT molecular complexity index is 1510. The van der Waals surface area contributed by atoms with E-state index in [4.69, 9.17) is 14.9 Å². The lowest BCUT2D eigenvalue weighted by Gasteiger charge is -2.09. The number of likely N-dealkylation sites (N-methyl/N-ethyl adjacent to an activating group) is 2. The number of rotatable bonds is 43. The van der Waals surface area contributed by atoms with Crippen LogP contribution in [0.25, 0.3) is 0 Å². The molecule has 0 fully saturated rings. The number of thioether (sulfide) groups is 2. The molecule has 11 heteroatoms. The minimum atomic E-state index is -0.793. The van der Waals surface area contributed by atoms with Crippen LogP contribution >= 0.6 is 23.5 Å². The van der Waals surface area contributed by atoms with Gasteiger partial charge in [0.05, 0.1) is 18.1 Å². The summed E-state index contributed by atoms with van der Waals surface area (Å²) < 4.78 is 5.14. The second-order valence-electron chi connectivity index (χ2n) is 16.5. The van der Waals surface area contributed by atoms with Crippen LogP contribution in [0.3, 0.4) is 0 Å². The van der Waals surface area contributed by atoms with E-state index in [0.717, 1.165) is 127 Å². The van der Waals surface area contributed by atoms with Crippen molar-refractivity contribution in [2.45, 2.75) is 142 Å². The number of ketones is 2. The third-order valence-electron chi connectivity index (χ3n) is 9.25. The molecule has 0 rings (SSSR count). The average molecular weight is 998 g/mol. The number of hydrogen-bond donors (Lipinski definition) is 2. The van der Waals surface area contributed by atoms with E-state index in [9.17, 15) is 19.2 Å². The van der Waals surface area contributed by atoms with Crippen LogP contribution in [0.1, 0.15) is 142 Å². The number of carbonyl (C=O) groups is 4. The zero-order valence-corrected chi connectivity index (χ0v) is 45.6. The molecule has 0 heterocycles. The fraction of sp³-hybridized carbons (Fsp3) is 0.586. The van der Waals surface area contributed by atoms with Crippen molar-refractivity contribution in [1.29, 1.82) is 0 Å². The first-order valence-corrected chi connectivity index (χ1v) is 27.8. The molecular formula is C58H96N2O7S2. The maximum absolute atomic E-state index is 12.0. The number of ether oxygens (including phenoxy) is 1. The molecule has 69 heavy (non-hydrogen) atoms. The highest BCUT2D eigenvalue weighted by atomic mass is 32.2. The number of aliphatic carboxylic acids is 1. The number of hydrogen-bond acceptors (Lipinski definition) is 10. The van der Waals surface area contributed by atoms with Crippen LogP contribution in [-0.2, 0) is 23.9 Å². The quantitative estimate of drug-likeness (QED) is 0.0345. The zero-order valence-electron chi connectivity index (χ0n) is 44.0. The van der Waals surface area contributed by atoms with Crippen LogP contribution in [0.2, 0.25) is 0 Å². The summed E-state index contributed by atoms with van der Waals surface area (Å²) in [4.78, 5) is 49.5. The van der Waals surface area contributed by atoms with E-state index < -0.39 is 5.97 Å². The number of nitrogens with zero attached hydrogens (tertiary/aromatic N) is 2. The van der Waals surface area contributed by atoms with Gasteiger partial charge >= 0.3 is 11.9 Å². The minimum absolute atomic E-state index is 0.123. The number of carbonyl (C=O) groups excluding carboxylic acids is 3. The summed E-state index contributed by atoms with van der Waals surface area (Å²) in [6.45, 7) is 6.49. The van der Waals surface area contributed by atoms with E-state index in [1.165, 1.54) is 11.8 Å². The highest BCUT2D eigenvalue weighted by Crippen LogP contribution is 2.10. The van der Waals surface area contributed by atoms with Crippen molar-refractivity contribution in [1.82, 2.24) is 9.80 Å². The number of allylic oxidation sites excluding steroid dienone is 20. The molecule has 0 aromatic rings. The summed E-state index contributed by atoms with van der Waals surface area (Å²) >= 11 is 2.92. The summed E-state index contributed by atoms with van der Waals surface area (Å²) in [5.74, 6) is 1.70. The SMILES string of the molecule is CC/C=C\C/C=C\C/C=C\C/C=C\C/C=C\CCCC(=O)CCCSCC(=O)O.CC/C=C\C/C=C\C/C=C\C/C=C\C/C=C\CCCC(=O)CCCSCC(=O)OCCN(C)C.CN(C)CCO. The normalized spacial score (nSPS) is 12.2. The number of aliphatic hydroxyl groups excluding tert-OH is 1. The highest BCUT2D eigenvalue weighted by molar-refractivity contribution is 8.00. The van der Waals surface area contributed by atoms with Gasteiger partial charge in [0.25, 0.3) is 0 Å². The van der Waals surface area contributed by atoms with Crippen molar-refractivity contribution in [3.05, 3.63) is 122 Å². The van der Waals surface area contributed by atoms with E-state index in [-0.39, 0.29) is 24.1 Å². The zero-order chi connectivity index (χ0) is 51.5.